The quantitative estimate of drug-likeness (QED) is 0.689. The lowest BCUT2D eigenvalue weighted by Crippen LogP contribution is -2.47. The van der Waals surface area contributed by atoms with Gasteiger partial charge in [-0.05, 0) is 39.0 Å². The summed E-state index contributed by atoms with van der Waals surface area (Å²) in [5.74, 6) is -0.452. The van der Waals surface area contributed by atoms with Gasteiger partial charge in [-0.25, -0.2) is 0 Å². The number of hydrogen-bond donors (Lipinski definition) is 2. The molecule has 0 aromatic heterocycles. The second kappa shape index (κ2) is 2.98. The molecule has 3 nitrogen and oxygen atoms in total. The van der Waals surface area contributed by atoms with Gasteiger partial charge in [-0.1, -0.05) is 6.92 Å². The van der Waals surface area contributed by atoms with Crippen molar-refractivity contribution < 1.29 is 15.0 Å². The molecule has 3 heteroatoms. The second-order valence-electron chi connectivity index (χ2n) is 4.79. The first-order valence-electron chi connectivity index (χ1n) is 4.75. The average Bonchev–Trinajstić information content (AvgIpc) is 2.30. The fourth-order valence-corrected chi connectivity index (χ4v) is 2.30. The maximum absolute atomic E-state index is 11.2. The van der Waals surface area contributed by atoms with Gasteiger partial charge < -0.3 is 10.2 Å². The van der Waals surface area contributed by atoms with Crippen molar-refractivity contribution in [2.75, 3.05) is 0 Å². The summed E-state index contributed by atoms with van der Waals surface area (Å²) in [5.41, 5.74) is -2.05. The number of rotatable bonds is 2. The molecule has 2 N–H and O–H groups in total. The number of aliphatic hydroxyl groups is 1. The number of hydrogen-bond acceptors (Lipinski definition) is 2. The Labute approximate surface area is 78.8 Å². The molecule has 0 saturated heterocycles. The van der Waals surface area contributed by atoms with Crippen molar-refractivity contribution in [3.05, 3.63) is 0 Å². The fraction of sp³-hybridized carbons (Fsp3) is 0.900. The summed E-state index contributed by atoms with van der Waals surface area (Å²) >= 11 is 0. The van der Waals surface area contributed by atoms with E-state index in [1.807, 2.05) is 6.92 Å². The molecule has 0 amide bonds. The Kier molecular flexibility index (Phi) is 2.41. The van der Waals surface area contributed by atoms with Gasteiger partial charge in [0.2, 0.25) is 0 Å². The van der Waals surface area contributed by atoms with Gasteiger partial charge in [0.05, 0.1) is 11.0 Å². The first kappa shape index (κ1) is 10.5. The molecule has 0 aliphatic heterocycles. The molecule has 1 rings (SSSR count). The molecule has 0 bridgehead atoms. The predicted octanol–water partition coefficient (Wildman–Crippen LogP) is 1.65. The summed E-state index contributed by atoms with van der Waals surface area (Å²) in [7, 11) is 0. The largest absolute Gasteiger partial charge is 0.481 e. The van der Waals surface area contributed by atoms with Crippen LogP contribution in [-0.4, -0.2) is 21.8 Å². The third kappa shape index (κ3) is 1.57. The number of carboxylic acid groups (broad SMARTS) is 1. The van der Waals surface area contributed by atoms with E-state index in [4.69, 9.17) is 5.11 Å². The van der Waals surface area contributed by atoms with E-state index in [0.29, 0.717) is 18.8 Å². The highest BCUT2D eigenvalue weighted by Crippen LogP contribution is 2.48. The first-order valence-corrected chi connectivity index (χ1v) is 4.75. The van der Waals surface area contributed by atoms with Crippen LogP contribution in [0.4, 0.5) is 0 Å². The molecule has 0 heterocycles. The lowest BCUT2D eigenvalue weighted by Gasteiger charge is -2.36. The third-order valence-corrected chi connectivity index (χ3v) is 3.34. The molecule has 0 aromatic rings. The van der Waals surface area contributed by atoms with Crippen LogP contribution in [-0.2, 0) is 4.79 Å². The minimum Gasteiger partial charge on any atom is -0.481 e. The summed E-state index contributed by atoms with van der Waals surface area (Å²) in [5, 5.41) is 19.0. The Bertz CT molecular complexity index is 217. The van der Waals surface area contributed by atoms with Gasteiger partial charge in [0.1, 0.15) is 0 Å². The van der Waals surface area contributed by atoms with Crippen molar-refractivity contribution in [1.82, 2.24) is 0 Å². The van der Waals surface area contributed by atoms with Gasteiger partial charge in [-0.3, -0.25) is 4.79 Å². The van der Waals surface area contributed by atoms with E-state index in [1.165, 1.54) is 0 Å². The number of carboxylic acids is 1. The number of aliphatic carboxylic acids is 1. The lowest BCUT2D eigenvalue weighted by molar-refractivity contribution is -0.164. The van der Waals surface area contributed by atoms with Crippen molar-refractivity contribution in [3.8, 4) is 0 Å². The van der Waals surface area contributed by atoms with Crippen LogP contribution in [0.25, 0.3) is 0 Å². The topological polar surface area (TPSA) is 57.5 Å². The summed E-state index contributed by atoms with van der Waals surface area (Å²) < 4.78 is 0. The van der Waals surface area contributed by atoms with Crippen molar-refractivity contribution in [2.45, 2.75) is 45.6 Å². The predicted molar refractivity (Wildman–Crippen MR) is 49.4 cm³/mol. The van der Waals surface area contributed by atoms with Crippen LogP contribution >= 0.6 is 0 Å². The molecule has 0 spiro atoms. The highest BCUT2D eigenvalue weighted by molar-refractivity contribution is 5.76. The Morgan fingerprint density at radius 3 is 2.23 bits per heavy atom. The van der Waals surface area contributed by atoms with Crippen LogP contribution in [0.3, 0.4) is 0 Å². The molecule has 0 radical (unpaired) electrons. The summed E-state index contributed by atoms with van der Waals surface area (Å²) in [6.07, 6.45) is 2.08. The average molecular weight is 186 g/mol. The summed E-state index contributed by atoms with van der Waals surface area (Å²) in [4.78, 5) is 11.2. The van der Waals surface area contributed by atoms with Crippen LogP contribution in [0.15, 0.2) is 0 Å². The standard InChI is InChI=1S/C10H18O3/c1-7-4-5-10(6-7,8(11)12)9(2,3)13/h7,13H,4-6H2,1-3H3,(H,11,12). The zero-order valence-corrected chi connectivity index (χ0v) is 8.50. The van der Waals surface area contributed by atoms with Crippen LogP contribution < -0.4 is 0 Å². The van der Waals surface area contributed by atoms with E-state index >= 15 is 0 Å². The zero-order chi connectivity index (χ0) is 10.3. The molecule has 1 aliphatic rings. The van der Waals surface area contributed by atoms with Crippen LogP contribution in [0, 0.1) is 11.3 Å². The van der Waals surface area contributed by atoms with E-state index in [-0.39, 0.29) is 0 Å². The fourth-order valence-electron chi connectivity index (χ4n) is 2.30. The minimum absolute atomic E-state index is 0.405. The van der Waals surface area contributed by atoms with Crippen molar-refractivity contribution in [3.63, 3.8) is 0 Å². The molecule has 2 atom stereocenters. The Morgan fingerprint density at radius 1 is 1.54 bits per heavy atom. The third-order valence-electron chi connectivity index (χ3n) is 3.34. The highest BCUT2D eigenvalue weighted by Gasteiger charge is 2.53. The van der Waals surface area contributed by atoms with Gasteiger partial charge in [0.25, 0.3) is 0 Å². The van der Waals surface area contributed by atoms with Gasteiger partial charge in [-0.15, -0.1) is 0 Å². The summed E-state index contributed by atoms with van der Waals surface area (Å²) in [6, 6.07) is 0. The monoisotopic (exact) mass is 186 g/mol. The van der Waals surface area contributed by atoms with Crippen molar-refractivity contribution in [1.29, 1.82) is 0 Å². The lowest BCUT2D eigenvalue weighted by atomic mass is 9.72. The van der Waals surface area contributed by atoms with E-state index in [2.05, 4.69) is 0 Å². The van der Waals surface area contributed by atoms with E-state index in [9.17, 15) is 9.90 Å². The zero-order valence-electron chi connectivity index (χ0n) is 8.50. The Hall–Kier alpha value is -0.570. The van der Waals surface area contributed by atoms with E-state index in [1.54, 1.807) is 13.8 Å². The van der Waals surface area contributed by atoms with Crippen molar-refractivity contribution >= 4 is 5.97 Å². The SMILES string of the molecule is CC1CCC(C(=O)O)(C(C)(C)O)C1. The molecular formula is C10H18O3. The van der Waals surface area contributed by atoms with Gasteiger partial charge in [-0.2, -0.15) is 0 Å². The molecule has 76 valence electrons. The van der Waals surface area contributed by atoms with Gasteiger partial charge in [0.15, 0.2) is 0 Å². The Morgan fingerprint density at radius 2 is 2.08 bits per heavy atom. The van der Waals surface area contributed by atoms with Gasteiger partial charge in [0, 0.05) is 0 Å². The molecular weight excluding hydrogens is 168 g/mol. The van der Waals surface area contributed by atoms with Crippen molar-refractivity contribution in [2.24, 2.45) is 11.3 Å². The summed E-state index contributed by atoms with van der Waals surface area (Å²) in [6.45, 7) is 5.23. The molecule has 2 unspecified atom stereocenters. The molecule has 13 heavy (non-hydrogen) atoms. The van der Waals surface area contributed by atoms with Gasteiger partial charge >= 0.3 is 5.97 Å². The van der Waals surface area contributed by atoms with Crippen LogP contribution in [0.5, 0.6) is 0 Å². The number of carbonyl (C=O) groups is 1. The van der Waals surface area contributed by atoms with E-state index in [0.717, 1.165) is 6.42 Å². The normalized spacial score (nSPS) is 34.9. The first-order chi connectivity index (χ1) is 5.79. The molecule has 1 fully saturated rings. The van der Waals surface area contributed by atoms with Crippen LogP contribution in [0.1, 0.15) is 40.0 Å². The molecule has 1 saturated carbocycles. The highest BCUT2D eigenvalue weighted by atomic mass is 16.4. The molecule has 1 aliphatic carbocycles. The van der Waals surface area contributed by atoms with E-state index < -0.39 is 17.0 Å². The second-order valence-corrected chi connectivity index (χ2v) is 4.79. The maximum atomic E-state index is 11.2. The smallest absolute Gasteiger partial charge is 0.312 e. The minimum atomic E-state index is -1.12. The Balaban J connectivity index is 2.97. The maximum Gasteiger partial charge on any atom is 0.312 e. The molecule has 0 aromatic carbocycles. The van der Waals surface area contributed by atoms with Crippen LogP contribution in [0.2, 0.25) is 0 Å².